The van der Waals surface area contributed by atoms with Crippen LogP contribution < -0.4 is 25.2 Å². The van der Waals surface area contributed by atoms with Gasteiger partial charge in [-0.05, 0) is 128 Å². The smallest absolute Gasteiger partial charge is 0.355 e. The van der Waals surface area contributed by atoms with Crippen LogP contribution in [0.15, 0.2) is 91.0 Å². The van der Waals surface area contributed by atoms with E-state index in [2.05, 4.69) is 25.6 Å². The molecule has 0 spiro atoms. The minimum absolute atomic E-state index is 0.0928. The summed E-state index contributed by atoms with van der Waals surface area (Å²) in [6, 6.07) is 28.6. The second-order valence-electron chi connectivity index (χ2n) is 20.2. The van der Waals surface area contributed by atoms with Gasteiger partial charge in [-0.25, -0.2) is 23.5 Å². The van der Waals surface area contributed by atoms with E-state index in [-0.39, 0.29) is 54.8 Å². The molecule has 1 atom stereocenters. The van der Waals surface area contributed by atoms with Crippen LogP contribution in [0.2, 0.25) is 0 Å². The Kier molecular flexibility index (Phi) is 13.3. The molecule has 18 heteroatoms. The summed E-state index contributed by atoms with van der Waals surface area (Å²) in [4.78, 5) is 66.2. The number of benzene rings is 4. The van der Waals surface area contributed by atoms with Crippen LogP contribution in [-0.2, 0) is 29.6 Å². The molecule has 3 amide bonds. The first-order chi connectivity index (χ1) is 35.7. The predicted molar refractivity (Wildman–Crippen MR) is 281 cm³/mol. The number of rotatable bonds is 13. The Hall–Kier alpha value is -7.31. The van der Waals surface area contributed by atoms with Gasteiger partial charge in [-0.1, -0.05) is 47.7 Å². The number of nitrogens with one attached hydrogen (secondary N) is 2. The molecule has 0 bridgehead atoms. The van der Waals surface area contributed by atoms with Crippen LogP contribution in [0.5, 0.6) is 5.75 Å². The number of hydrogen-bond donors (Lipinski definition) is 3. The predicted octanol–water partition coefficient (Wildman–Crippen LogP) is 9.37. The Morgan fingerprint density at radius 2 is 1.66 bits per heavy atom. The molecular formula is C56H57F2N9O6S. The quantitative estimate of drug-likeness (QED) is 0.0936. The van der Waals surface area contributed by atoms with Crippen molar-refractivity contribution in [2.24, 2.45) is 13.0 Å². The summed E-state index contributed by atoms with van der Waals surface area (Å²) in [6.45, 7) is 4.81. The maximum absolute atomic E-state index is 15.8. The van der Waals surface area contributed by atoms with E-state index in [9.17, 15) is 24.3 Å². The number of aromatic carboxylic acids is 1. The molecule has 4 aliphatic rings. The number of carbonyl (C=O) groups is 4. The van der Waals surface area contributed by atoms with Crippen LogP contribution >= 0.6 is 11.3 Å². The molecule has 7 aromatic rings. The first-order valence-corrected chi connectivity index (χ1v) is 26.2. The molecular weight excluding hydrogens is 965 g/mol. The van der Waals surface area contributed by atoms with Crippen molar-refractivity contribution >= 4 is 72.8 Å². The van der Waals surface area contributed by atoms with Gasteiger partial charge in [0.1, 0.15) is 11.6 Å². The van der Waals surface area contributed by atoms with Crippen LogP contribution in [-0.4, -0.2) is 105 Å². The molecule has 6 heterocycles. The number of amides is 3. The summed E-state index contributed by atoms with van der Waals surface area (Å²) in [5.41, 5.74) is 7.58. The van der Waals surface area contributed by atoms with E-state index >= 15 is 8.78 Å². The molecule has 3 aliphatic heterocycles. The van der Waals surface area contributed by atoms with Crippen LogP contribution in [0.1, 0.15) is 94.1 Å². The molecule has 0 radical (unpaired) electrons. The van der Waals surface area contributed by atoms with Gasteiger partial charge >= 0.3 is 5.97 Å². The van der Waals surface area contributed by atoms with Crippen LogP contribution in [0, 0.1) is 12.8 Å². The second-order valence-corrected chi connectivity index (χ2v) is 21.2. The Morgan fingerprint density at radius 3 is 2.45 bits per heavy atom. The number of aryl methyl sites for hydroxylation is 1. The number of carboxylic acid groups (broad SMARTS) is 1. The van der Waals surface area contributed by atoms with Gasteiger partial charge in [0, 0.05) is 81.4 Å². The number of pyridine rings is 1. The maximum atomic E-state index is 15.8. The van der Waals surface area contributed by atoms with Crippen LogP contribution in [0.4, 0.5) is 25.4 Å². The Balaban J connectivity index is 0.681. The summed E-state index contributed by atoms with van der Waals surface area (Å²) >= 11 is 1.41. The fourth-order valence-corrected chi connectivity index (χ4v) is 12.3. The number of hydrogen-bond acceptors (Lipinski definition) is 12. The van der Waals surface area contributed by atoms with Crippen molar-refractivity contribution in [2.75, 3.05) is 54.4 Å². The molecule has 382 valence electrons. The van der Waals surface area contributed by atoms with Crippen molar-refractivity contribution in [2.45, 2.75) is 82.8 Å². The SMILES string of the molecule is Cc1c(O[C@H]2CC[C@H](CC(F)(F)CN3CCN(c4ccc5c(C6CCC(=O)NC6=O)nn(C)c5c4)CC3)CC2)cccc1-c1ccc(N2CCc3cccc(C(=O)Nc4nc5ccccc5s4)c3C2)nc1C(=O)O. The minimum atomic E-state index is -2.84. The van der Waals surface area contributed by atoms with Gasteiger partial charge in [-0.2, -0.15) is 5.10 Å². The van der Waals surface area contributed by atoms with Gasteiger partial charge < -0.3 is 19.6 Å². The van der Waals surface area contributed by atoms with Gasteiger partial charge in [-0.3, -0.25) is 34.6 Å². The zero-order chi connectivity index (χ0) is 51.3. The third-order valence-corrected chi connectivity index (χ3v) is 16.3. The van der Waals surface area contributed by atoms with Crippen molar-refractivity contribution in [3.63, 3.8) is 0 Å². The number of halogens is 2. The molecule has 15 nitrogen and oxygen atoms in total. The Bertz CT molecular complexity index is 3290. The highest BCUT2D eigenvalue weighted by Gasteiger charge is 2.38. The number of ether oxygens (including phenoxy) is 1. The maximum Gasteiger partial charge on any atom is 0.355 e. The molecule has 1 unspecified atom stereocenters. The first-order valence-electron chi connectivity index (χ1n) is 25.4. The van der Waals surface area contributed by atoms with Gasteiger partial charge in [0.25, 0.3) is 11.8 Å². The molecule has 74 heavy (non-hydrogen) atoms. The van der Waals surface area contributed by atoms with E-state index in [1.807, 2.05) is 103 Å². The van der Waals surface area contributed by atoms with E-state index < -0.39 is 17.8 Å². The van der Waals surface area contributed by atoms with E-state index in [1.54, 1.807) is 16.8 Å². The average molecular weight is 1020 g/mol. The van der Waals surface area contributed by atoms with E-state index in [1.165, 1.54) is 11.3 Å². The molecule has 4 aromatic carbocycles. The first kappa shape index (κ1) is 48.9. The van der Waals surface area contributed by atoms with Gasteiger partial charge in [-0.15, -0.1) is 0 Å². The van der Waals surface area contributed by atoms with E-state index in [0.29, 0.717) is 117 Å². The number of carbonyl (C=O) groups excluding carboxylic acids is 3. The molecule has 3 fully saturated rings. The standard InChI is InChI=1S/C56H57F2N9O6S/c1-33-38(39-19-21-48(60-51(39)54(71)72)67-24-23-35-7-5-9-40(43(35)31-67)52(69)62-55-59-44-10-3-4-12-47(44)74-55)8-6-11-46(33)73-37-16-13-34(14-17-37)30-56(57,58)32-65-25-27-66(28-26-65)36-15-18-41-45(29-36)64(2)63-50(41)42-20-22-49(68)61-53(42)70/h3-12,15,18-19,21,29,34,37,42H,13-14,16-17,20,22-28,30-32H2,1-2H3,(H,71,72)(H,59,62,69)(H,61,68,70)/t34-,37-,42?. The van der Waals surface area contributed by atoms with Crippen molar-refractivity contribution < 1.29 is 37.8 Å². The largest absolute Gasteiger partial charge is 0.490 e. The van der Waals surface area contributed by atoms with Crippen LogP contribution in [0.25, 0.3) is 32.2 Å². The summed E-state index contributed by atoms with van der Waals surface area (Å²) in [5, 5.41) is 22.0. The lowest BCUT2D eigenvalue weighted by molar-refractivity contribution is -0.134. The fourth-order valence-electron chi connectivity index (χ4n) is 11.4. The number of piperazine rings is 1. The number of para-hydroxylation sites is 1. The third kappa shape index (κ3) is 10.0. The summed E-state index contributed by atoms with van der Waals surface area (Å²) in [5.74, 6) is -4.35. The lowest BCUT2D eigenvalue weighted by atomic mass is 9.83. The fraction of sp³-hybridized carbons (Fsp3) is 0.375. The highest BCUT2D eigenvalue weighted by molar-refractivity contribution is 7.22. The van der Waals surface area contributed by atoms with Crippen molar-refractivity contribution in [3.05, 3.63) is 125 Å². The molecule has 1 saturated carbocycles. The summed E-state index contributed by atoms with van der Waals surface area (Å²) in [6.07, 6.45) is 3.54. The molecule has 3 aromatic heterocycles. The van der Waals surface area contributed by atoms with Gasteiger partial charge in [0.15, 0.2) is 10.8 Å². The number of imide groups is 1. The topological polar surface area (TPSA) is 175 Å². The molecule has 2 saturated heterocycles. The number of thiazole rings is 1. The highest BCUT2D eigenvalue weighted by Crippen LogP contribution is 2.40. The molecule has 11 rings (SSSR count). The van der Waals surface area contributed by atoms with E-state index in [4.69, 9.17) is 9.72 Å². The highest BCUT2D eigenvalue weighted by atomic mass is 32.1. The second kappa shape index (κ2) is 20.2. The van der Waals surface area contributed by atoms with Crippen LogP contribution in [0.3, 0.4) is 0 Å². The summed E-state index contributed by atoms with van der Waals surface area (Å²) in [7, 11) is 1.84. The van der Waals surface area contributed by atoms with Gasteiger partial charge in [0.05, 0.1) is 40.0 Å². The molecule has 3 N–H and O–H groups in total. The average Bonchev–Trinajstić information content (AvgIpc) is 3.96. The number of aromatic nitrogens is 4. The van der Waals surface area contributed by atoms with Gasteiger partial charge in [0.2, 0.25) is 11.8 Å². The number of carboxylic acids is 1. The number of alkyl halides is 2. The zero-order valence-corrected chi connectivity index (χ0v) is 42.1. The lowest BCUT2D eigenvalue weighted by Crippen LogP contribution is -2.50. The Labute approximate surface area is 430 Å². The normalized spacial score (nSPS) is 19.6. The third-order valence-electron chi connectivity index (χ3n) is 15.3. The van der Waals surface area contributed by atoms with E-state index in [0.717, 1.165) is 43.5 Å². The molecule has 1 aliphatic carbocycles. The number of fused-ring (bicyclic) bond motifs is 3. The number of nitrogens with zero attached hydrogens (tertiary/aromatic N) is 7. The summed E-state index contributed by atoms with van der Waals surface area (Å²) < 4.78 is 40.8. The Morgan fingerprint density at radius 1 is 0.865 bits per heavy atom. The number of anilines is 3. The zero-order valence-electron chi connectivity index (χ0n) is 41.3. The van der Waals surface area contributed by atoms with Crippen molar-refractivity contribution in [3.8, 4) is 16.9 Å². The number of piperidine rings is 1. The minimum Gasteiger partial charge on any atom is -0.490 e. The monoisotopic (exact) mass is 1020 g/mol. The van der Waals surface area contributed by atoms with Crippen molar-refractivity contribution in [1.29, 1.82) is 0 Å². The lowest BCUT2D eigenvalue weighted by Gasteiger charge is -2.38. The van der Waals surface area contributed by atoms with Crippen molar-refractivity contribution in [1.82, 2.24) is 30.0 Å².